The van der Waals surface area contributed by atoms with Crippen LogP contribution in [-0.4, -0.2) is 54.4 Å². The van der Waals surface area contributed by atoms with E-state index in [1.54, 1.807) is 36.3 Å². The molecule has 0 radical (unpaired) electrons. The van der Waals surface area contributed by atoms with Gasteiger partial charge in [0.2, 0.25) is 11.8 Å². The Morgan fingerprint density at radius 1 is 1.14 bits per heavy atom. The SMILES string of the molecule is COc1ccc(OC2CCCN(C(=O)c3cc4cccc(OC)c4o3)C2)nn1. The summed E-state index contributed by atoms with van der Waals surface area (Å²) in [6.07, 6.45) is 1.52. The topological polar surface area (TPSA) is 86.9 Å². The van der Waals surface area contributed by atoms with E-state index in [4.69, 9.17) is 18.6 Å². The number of rotatable bonds is 5. The fourth-order valence-corrected chi connectivity index (χ4v) is 3.33. The molecule has 0 spiro atoms. The molecular weight excluding hydrogens is 362 g/mol. The van der Waals surface area contributed by atoms with E-state index in [2.05, 4.69) is 10.2 Å². The lowest BCUT2D eigenvalue weighted by Crippen LogP contribution is -2.44. The first-order valence-corrected chi connectivity index (χ1v) is 9.08. The van der Waals surface area contributed by atoms with Crippen molar-refractivity contribution in [2.75, 3.05) is 27.3 Å². The molecule has 146 valence electrons. The number of carbonyl (C=O) groups excluding carboxylic acids is 1. The molecule has 1 saturated heterocycles. The summed E-state index contributed by atoms with van der Waals surface area (Å²) in [4.78, 5) is 14.7. The van der Waals surface area contributed by atoms with Crippen molar-refractivity contribution in [3.63, 3.8) is 0 Å². The molecule has 8 nitrogen and oxygen atoms in total. The van der Waals surface area contributed by atoms with Gasteiger partial charge in [0.05, 0.1) is 20.8 Å². The van der Waals surface area contributed by atoms with Gasteiger partial charge in [-0.15, -0.1) is 10.2 Å². The van der Waals surface area contributed by atoms with Gasteiger partial charge >= 0.3 is 0 Å². The molecule has 1 aliphatic rings. The zero-order valence-corrected chi connectivity index (χ0v) is 15.8. The van der Waals surface area contributed by atoms with Crippen molar-refractivity contribution < 1.29 is 23.4 Å². The molecule has 1 unspecified atom stereocenters. The Morgan fingerprint density at radius 2 is 1.96 bits per heavy atom. The van der Waals surface area contributed by atoms with Gasteiger partial charge in [0.25, 0.3) is 5.91 Å². The predicted octanol–water partition coefficient (Wildman–Crippen LogP) is 2.92. The summed E-state index contributed by atoms with van der Waals surface area (Å²) < 4.78 is 22.0. The molecule has 0 aliphatic carbocycles. The summed E-state index contributed by atoms with van der Waals surface area (Å²) in [5.41, 5.74) is 0.576. The molecule has 1 atom stereocenters. The second kappa shape index (κ2) is 7.75. The molecular formula is C20H21N3O5. The van der Waals surface area contributed by atoms with E-state index >= 15 is 0 Å². The summed E-state index contributed by atoms with van der Waals surface area (Å²) in [6.45, 7) is 1.11. The minimum Gasteiger partial charge on any atom is -0.493 e. The van der Waals surface area contributed by atoms with Gasteiger partial charge in [0.1, 0.15) is 6.10 Å². The molecule has 1 amide bonds. The number of hydrogen-bond acceptors (Lipinski definition) is 7. The molecule has 28 heavy (non-hydrogen) atoms. The summed E-state index contributed by atoms with van der Waals surface area (Å²) in [7, 11) is 3.11. The molecule has 8 heteroatoms. The van der Waals surface area contributed by atoms with Gasteiger partial charge in [-0.1, -0.05) is 12.1 Å². The van der Waals surface area contributed by atoms with Crippen LogP contribution in [0.5, 0.6) is 17.5 Å². The molecule has 0 bridgehead atoms. The average molecular weight is 383 g/mol. The minimum absolute atomic E-state index is 0.153. The summed E-state index contributed by atoms with van der Waals surface area (Å²) in [6, 6.07) is 10.7. The Morgan fingerprint density at radius 3 is 2.71 bits per heavy atom. The monoisotopic (exact) mass is 383 g/mol. The molecule has 3 aromatic rings. The third kappa shape index (κ3) is 3.58. The van der Waals surface area contributed by atoms with Crippen molar-refractivity contribution in [3.8, 4) is 17.5 Å². The van der Waals surface area contributed by atoms with Crippen molar-refractivity contribution >= 4 is 16.9 Å². The standard InChI is InChI=1S/C20H21N3O5/c1-25-15-7-3-5-13-11-16(28-19(13)15)20(24)23-10-4-6-14(12-23)27-18-9-8-17(26-2)21-22-18/h3,5,7-9,11,14H,4,6,10,12H2,1-2H3. The van der Waals surface area contributed by atoms with Crippen LogP contribution >= 0.6 is 0 Å². The van der Waals surface area contributed by atoms with Crippen LogP contribution < -0.4 is 14.2 Å². The highest BCUT2D eigenvalue weighted by atomic mass is 16.5. The Bertz CT molecular complexity index is 970. The molecule has 1 fully saturated rings. The molecule has 1 aromatic carbocycles. The number of methoxy groups -OCH3 is 2. The lowest BCUT2D eigenvalue weighted by molar-refractivity contribution is 0.0500. The van der Waals surface area contributed by atoms with E-state index < -0.39 is 0 Å². The fraction of sp³-hybridized carbons (Fsp3) is 0.350. The maximum absolute atomic E-state index is 12.9. The quantitative estimate of drug-likeness (QED) is 0.669. The summed E-state index contributed by atoms with van der Waals surface area (Å²) >= 11 is 0. The number of piperidine rings is 1. The Hall–Kier alpha value is -3.29. The lowest BCUT2D eigenvalue weighted by Gasteiger charge is -2.32. The number of fused-ring (bicyclic) bond motifs is 1. The first kappa shape index (κ1) is 18.1. The van der Waals surface area contributed by atoms with Crippen molar-refractivity contribution in [1.82, 2.24) is 15.1 Å². The van der Waals surface area contributed by atoms with Crippen LogP contribution in [0.1, 0.15) is 23.4 Å². The molecule has 2 aromatic heterocycles. The smallest absolute Gasteiger partial charge is 0.289 e. The summed E-state index contributed by atoms with van der Waals surface area (Å²) in [5.74, 6) is 1.58. The van der Waals surface area contributed by atoms with Gasteiger partial charge in [-0.3, -0.25) is 4.79 Å². The van der Waals surface area contributed by atoms with Crippen LogP contribution in [0.25, 0.3) is 11.0 Å². The van der Waals surface area contributed by atoms with E-state index in [-0.39, 0.29) is 12.0 Å². The molecule has 0 saturated carbocycles. The van der Waals surface area contributed by atoms with Gasteiger partial charge in [0, 0.05) is 24.1 Å². The number of hydrogen-bond donors (Lipinski definition) is 0. The maximum Gasteiger partial charge on any atom is 0.289 e. The third-order valence-electron chi connectivity index (χ3n) is 4.72. The van der Waals surface area contributed by atoms with Crippen molar-refractivity contribution in [2.45, 2.75) is 18.9 Å². The van der Waals surface area contributed by atoms with Crippen LogP contribution in [0.3, 0.4) is 0 Å². The highest BCUT2D eigenvalue weighted by Gasteiger charge is 2.28. The van der Waals surface area contributed by atoms with E-state index in [1.165, 1.54) is 7.11 Å². The molecule has 1 aliphatic heterocycles. The first-order chi connectivity index (χ1) is 13.7. The number of aromatic nitrogens is 2. The largest absolute Gasteiger partial charge is 0.493 e. The predicted molar refractivity (Wildman–Crippen MR) is 101 cm³/mol. The highest BCUT2D eigenvalue weighted by molar-refractivity contribution is 5.97. The fourth-order valence-electron chi connectivity index (χ4n) is 3.33. The second-order valence-electron chi connectivity index (χ2n) is 6.54. The number of benzene rings is 1. The molecule has 3 heterocycles. The third-order valence-corrected chi connectivity index (χ3v) is 4.72. The second-order valence-corrected chi connectivity index (χ2v) is 6.54. The van der Waals surface area contributed by atoms with E-state index in [9.17, 15) is 4.79 Å². The first-order valence-electron chi connectivity index (χ1n) is 9.08. The van der Waals surface area contributed by atoms with Gasteiger partial charge < -0.3 is 23.5 Å². The van der Waals surface area contributed by atoms with Crippen LogP contribution in [0.2, 0.25) is 0 Å². The normalized spacial score (nSPS) is 16.8. The van der Waals surface area contributed by atoms with Gasteiger partial charge in [-0.2, -0.15) is 0 Å². The number of ether oxygens (including phenoxy) is 3. The van der Waals surface area contributed by atoms with E-state index in [1.807, 2.05) is 12.1 Å². The van der Waals surface area contributed by atoms with Gasteiger partial charge in [-0.25, -0.2) is 0 Å². The van der Waals surface area contributed by atoms with Crippen LogP contribution in [0, 0.1) is 0 Å². The Labute approximate surface area is 162 Å². The minimum atomic E-state index is -0.160. The van der Waals surface area contributed by atoms with Crippen molar-refractivity contribution in [1.29, 1.82) is 0 Å². The maximum atomic E-state index is 12.9. The highest BCUT2D eigenvalue weighted by Crippen LogP contribution is 2.29. The Kier molecular flexibility index (Phi) is 5.01. The number of carbonyl (C=O) groups is 1. The van der Waals surface area contributed by atoms with E-state index in [0.717, 1.165) is 18.2 Å². The molecule has 4 rings (SSSR count). The number of likely N-dealkylation sites (tertiary alicyclic amines) is 1. The van der Waals surface area contributed by atoms with Crippen LogP contribution in [-0.2, 0) is 0 Å². The van der Waals surface area contributed by atoms with Crippen LogP contribution in [0.15, 0.2) is 40.8 Å². The van der Waals surface area contributed by atoms with Crippen molar-refractivity contribution in [2.24, 2.45) is 0 Å². The number of amides is 1. The number of para-hydroxylation sites is 1. The number of furan rings is 1. The zero-order chi connectivity index (χ0) is 19.5. The van der Waals surface area contributed by atoms with Gasteiger partial charge in [-0.05, 0) is 25.0 Å². The van der Waals surface area contributed by atoms with Gasteiger partial charge in [0.15, 0.2) is 17.1 Å². The lowest BCUT2D eigenvalue weighted by atomic mass is 10.1. The molecule has 0 N–H and O–H groups in total. The van der Waals surface area contributed by atoms with E-state index in [0.29, 0.717) is 41.9 Å². The van der Waals surface area contributed by atoms with Crippen LogP contribution in [0.4, 0.5) is 0 Å². The average Bonchev–Trinajstić information content (AvgIpc) is 3.18. The van der Waals surface area contributed by atoms with Crippen molar-refractivity contribution in [3.05, 3.63) is 42.2 Å². The number of nitrogens with zero attached hydrogens (tertiary/aromatic N) is 3. The Balaban J connectivity index is 1.47. The zero-order valence-electron chi connectivity index (χ0n) is 15.8. The summed E-state index contributed by atoms with van der Waals surface area (Å²) in [5, 5.41) is 8.72.